The zero-order valence-electron chi connectivity index (χ0n) is 12.8. The number of ether oxygens (including phenoxy) is 1. The van der Waals surface area contributed by atoms with Gasteiger partial charge in [0.2, 0.25) is 11.8 Å². The summed E-state index contributed by atoms with van der Waals surface area (Å²) in [7, 11) is 1.48. The minimum atomic E-state index is -0.150. The molecule has 23 heavy (non-hydrogen) atoms. The Morgan fingerprint density at radius 1 is 1.30 bits per heavy atom. The van der Waals surface area contributed by atoms with Crippen LogP contribution in [0.5, 0.6) is 5.75 Å². The fraction of sp³-hybridized carbons (Fsp3) is 0.375. The fourth-order valence-corrected chi connectivity index (χ4v) is 3.20. The minimum Gasteiger partial charge on any atom is -0.494 e. The molecule has 124 valence electrons. The molecular formula is C16H18Cl2N2O3. The van der Waals surface area contributed by atoms with Crippen molar-refractivity contribution >= 4 is 40.7 Å². The highest BCUT2D eigenvalue weighted by Gasteiger charge is 2.26. The molecule has 2 amide bonds. The summed E-state index contributed by atoms with van der Waals surface area (Å²) in [6.07, 6.45) is 2.52. The quantitative estimate of drug-likeness (QED) is 0.841. The molecule has 5 nitrogen and oxygen atoms in total. The van der Waals surface area contributed by atoms with Crippen molar-refractivity contribution in [3.63, 3.8) is 0 Å². The molecule has 1 aliphatic heterocycles. The Balaban J connectivity index is 1.98. The first-order valence-corrected chi connectivity index (χ1v) is 7.97. The number of methoxy groups -OCH3 is 1. The molecule has 0 bridgehead atoms. The van der Waals surface area contributed by atoms with E-state index in [1.807, 2.05) is 0 Å². The number of piperidine rings is 1. The van der Waals surface area contributed by atoms with Gasteiger partial charge >= 0.3 is 0 Å². The van der Waals surface area contributed by atoms with Crippen molar-refractivity contribution in [2.24, 2.45) is 5.92 Å². The van der Waals surface area contributed by atoms with E-state index >= 15 is 0 Å². The second kappa shape index (κ2) is 7.70. The lowest BCUT2D eigenvalue weighted by atomic mass is 9.95. The minimum absolute atomic E-state index is 0.0995. The second-order valence-electron chi connectivity index (χ2n) is 5.27. The van der Waals surface area contributed by atoms with Gasteiger partial charge in [-0.15, -0.1) is 0 Å². The van der Waals surface area contributed by atoms with E-state index in [9.17, 15) is 9.59 Å². The molecule has 0 unspecified atom stereocenters. The van der Waals surface area contributed by atoms with Crippen molar-refractivity contribution in [1.82, 2.24) is 4.90 Å². The molecule has 1 saturated heterocycles. The molecular weight excluding hydrogens is 339 g/mol. The normalized spacial score (nSPS) is 15.2. The lowest BCUT2D eigenvalue weighted by Gasteiger charge is -2.30. The molecule has 0 radical (unpaired) electrons. The molecule has 0 atom stereocenters. The summed E-state index contributed by atoms with van der Waals surface area (Å²) >= 11 is 12.1. The van der Waals surface area contributed by atoms with E-state index < -0.39 is 0 Å². The molecule has 0 aromatic heterocycles. The zero-order chi connectivity index (χ0) is 17.0. The van der Waals surface area contributed by atoms with Crippen LogP contribution in [0.2, 0.25) is 10.0 Å². The maximum Gasteiger partial charge on any atom is 0.245 e. The lowest BCUT2D eigenvalue weighted by molar-refractivity contribution is -0.130. The van der Waals surface area contributed by atoms with Gasteiger partial charge in [-0.05, 0) is 31.1 Å². The van der Waals surface area contributed by atoms with Gasteiger partial charge in [0, 0.05) is 24.7 Å². The average Bonchev–Trinajstić information content (AvgIpc) is 2.54. The van der Waals surface area contributed by atoms with E-state index in [2.05, 4.69) is 11.9 Å². The number of carbonyl (C=O) groups excluding carboxylic acids is 2. The van der Waals surface area contributed by atoms with Gasteiger partial charge in [0.1, 0.15) is 0 Å². The van der Waals surface area contributed by atoms with E-state index in [1.165, 1.54) is 13.2 Å². The van der Waals surface area contributed by atoms with Crippen LogP contribution >= 0.6 is 23.2 Å². The van der Waals surface area contributed by atoms with Crippen LogP contribution in [0.3, 0.4) is 0 Å². The van der Waals surface area contributed by atoms with Gasteiger partial charge in [-0.2, -0.15) is 0 Å². The molecule has 1 fully saturated rings. The number of likely N-dealkylation sites (tertiary alicyclic amines) is 1. The Bertz CT molecular complexity index is 603. The molecule has 1 aromatic carbocycles. The van der Waals surface area contributed by atoms with Gasteiger partial charge in [-0.25, -0.2) is 0 Å². The zero-order valence-corrected chi connectivity index (χ0v) is 14.3. The van der Waals surface area contributed by atoms with E-state index in [0.717, 1.165) is 0 Å². The standard InChI is InChI=1S/C16H18Cl2N2O3/c1-3-14(21)20-6-4-10(5-7-20)16(22)19-11-8-12(17)15(23-2)13(18)9-11/h3,8-10H,1,4-7H2,2H3,(H,19,22). The summed E-state index contributed by atoms with van der Waals surface area (Å²) in [5.74, 6) is 0.0247. The molecule has 1 aliphatic rings. The molecule has 1 aromatic rings. The SMILES string of the molecule is C=CC(=O)N1CCC(C(=O)Nc2cc(Cl)c(OC)c(Cl)c2)CC1. The average molecular weight is 357 g/mol. The number of carbonyl (C=O) groups is 2. The Morgan fingerprint density at radius 2 is 1.87 bits per heavy atom. The first-order chi connectivity index (χ1) is 11.0. The number of rotatable bonds is 4. The van der Waals surface area contributed by atoms with Crippen LogP contribution in [0.15, 0.2) is 24.8 Å². The molecule has 2 rings (SSSR count). The maximum absolute atomic E-state index is 12.3. The Morgan fingerprint density at radius 3 is 2.35 bits per heavy atom. The third kappa shape index (κ3) is 4.18. The number of hydrogen-bond acceptors (Lipinski definition) is 3. The largest absolute Gasteiger partial charge is 0.494 e. The summed E-state index contributed by atoms with van der Waals surface area (Å²) in [6.45, 7) is 4.57. The van der Waals surface area contributed by atoms with Crippen LogP contribution in [0.25, 0.3) is 0 Å². The van der Waals surface area contributed by atoms with Crippen LogP contribution in [-0.4, -0.2) is 36.9 Å². The predicted octanol–water partition coefficient (Wildman–Crippen LogP) is 3.37. The van der Waals surface area contributed by atoms with Gasteiger partial charge in [-0.3, -0.25) is 9.59 Å². The van der Waals surface area contributed by atoms with Crippen LogP contribution < -0.4 is 10.1 Å². The van der Waals surface area contributed by atoms with Crippen LogP contribution in [-0.2, 0) is 9.59 Å². The van der Waals surface area contributed by atoms with Crippen molar-refractivity contribution in [3.05, 3.63) is 34.8 Å². The molecule has 1 N–H and O–H groups in total. The molecule has 0 saturated carbocycles. The van der Waals surface area contributed by atoms with Crippen molar-refractivity contribution in [3.8, 4) is 5.75 Å². The lowest BCUT2D eigenvalue weighted by Crippen LogP contribution is -2.40. The maximum atomic E-state index is 12.3. The fourth-order valence-electron chi connectivity index (χ4n) is 2.56. The highest BCUT2D eigenvalue weighted by Crippen LogP contribution is 2.35. The topological polar surface area (TPSA) is 58.6 Å². The Labute approximate surface area is 145 Å². The first-order valence-electron chi connectivity index (χ1n) is 7.21. The number of benzene rings is 1. The van der Waals surface area contributed by atoms with E-state index in [0.29, 0.717) is 47.4 Å². The van der Waals surface area contributed by atoms with E-state index in [-0.39, 0.29) is 17.7 Å². The van der Waals surface area contributed by atoms with Gasteiger partial charge < -0.3 is 15.0 Å². The van der Waals surface area contributed by atoms with E-state index in [1.54, 1.807) is 17.0 Å². The van der Waals surface area contributed by atoms with Crippen molar-refractivity contribution in [2.75, 3.05) is 25.5 Å². The highest BCUT2D eigenvalue weighted by atomic mass is 35.5. The number of hydrogen-bond donors (Lipinski definition) is 1. The molecule has 0 spiro atoms. The van der Waals surface area contributed by atoms with Gasteiger partial charge in [-0.1, -0.05) is 29.8 Å². The Hall–Kier alpha value is -1.72. The molecule has 7 heteroatoms. The highest BCUT2D eigenvalue weighted by molar-refractivity contribution is 6.37. The summed E-state index contributed by atoms with van der Waals surface area (Å²) in [5, 5.41) is 3.49. The van der Waals surface area contributed by atoms with E-state index in [4.69, 9.17) is 27.9 Å². The van der Waals surface area contributed by atoms with Crippen LogP contribution in [0.1, 0.15) is 12.8 Å². The van der Waals surface area contributed by atoms with Crippen molar-refractivity contribution < 1.29 is 14.3 Å². The second-order valence-corrected chi connectivity index (χ2v) is 6.08. The van der Waals surface area contributed by atoms with Gasteiger partial charge in [0.05, 0.1) is 17.2 Å². The summed E-state index contributed by atoms with van der Waals surface area (Å²) < 4.78 is 5.07. The van der Waals surface area contributed by atoms with Crippen molar-refractivity contribution in [2.45, 2.75) is 12.8 Å². The summed E-state index contributed by atoms with van der Waals surface area (Å²) in [4.78, 5) is 25.6. The molecule has 1 heterocycles. The Kier molecular flexibility index (Phi) is 5.91. The molecule has 0 aliphatic carbocycles. The van der Waals surface area contributed by atoms with Crippen LogP contribution in [0, 0.1) is 5.92 Å². The summed E-state index contributed by atoms with van der Waals surface area (Å²) in [6, 6.07) is 3.20. The first kappa shape index (κ1) is 17.6. The monoisotopic (exact) mass is 356 g/mol. The smallest absolute Gasteiger partial charge is 0.245 e. The summed E-state index contributed by atoms with van der Waals surface area (Å²) in [5.41, 5.74) is 0.524. The van der Waals surface area contributed by atoms with Crippen LogP contribution in [0.4, 0.5) is 5.69 Å². The number of nitrogens with one attached hydrogen (secondary N) is 1. The van der Waals surface area contributed by atoms with Crippen molar-refractivity contribution in [1.29, 1.82) is 0 Å². The third-order valence-electron chi connectivity index (χ3n) is 3.82. The van der Waals surface area contributed by atoms with Gasteiger partial charge in [0.25, 0.3) is 0 Å². The number of halogens is 2. The number of amides is 2. The number of anilines is 1. The third-order valence-corrected chi connectivity index (χ3v) is 4.38. The predicted molar refractivity (Wildman–Crippen MR) is 91.1 cm³/mol. The number of nitrogens with zero attached hydrogens (tertiary/aromatic N) is 1. The van der Waals surface area contributed by atoms with Gasteiger partial charge in [0.15, 0.2) is 5.75 Å².